The van der Waals surface area contributed by atoms with E-state index < -0.39 is 11.8 Å². The third-order valence-corrected chi connectivity index (χ3v) is 8.14. The number of carbonyl (C=O) groups is 1. The molecule has 0 bridgehead atoms. The lowest BCUT2D eigenvalue weighted by Gasteiger charge is -2.31. The zero-order valence-corrected chi connectivity index (χ0v) is 23.3. The van der Waals surface area contributed by atoms with Gasteiger partial charge in [0.2, 0.25) is 5.88 Å². The number of hydrogen-bond donors (Lipinski definition) is 3. The van der Waals surface area contributed by atoms with E-state index in [0.29, 0.717) is 28.9 Å². The van der Waals surface area contributed by atoms with E-state index in [4.69, 9.17) is 26.3 Å². The van der Waals surface area contributed by atoms with Gasteiger partial charge in [0.05, 0.1) is 23.1 Å². The second kappa shape index (κ2) is 12.1. The third-order valence-electron chi connectivity index (χ3n) is 7.91. The van der Waals surface area contributed by atoms with Crippen LogP contribution in [0, 0.1) is 5.82 Å². The summed E-state index contributed by atoms with van der Waals surface area (Å²) in [5.74, 6) is 0.381. The van der Waals surface area contributed by atoms with E-state index in [9.17, 15) is 14.3 Å². The van der Waals surface area contributed by atoms with Crippen LogP contribution in [0.15, 0.2) is 54.6 Å². The zero-order chi connectivity index (χ0) is 28.3. The molecule has 1 unspecified atom stereocenters. The highest BCUT2D eigenvalue weighted by Crippen LogP contribution is 2.30. The normalized spacial score (nSPS) is 18.2. The van der Waals surface area contributed by atoms with Crippen molar-refractivity contribution >= 4 is 28.6 Å². The molecule has 214 valence electrons. The predicted molar refractivity (Wildman–Crippen MR) is 153 cm³/mol. The Morgan fingerprint density at radius 1 is 1.10 bits per heavy atom. The maximum Gasteiger partial charge on any atom is 0.335 e. The van der Waals surface area contributed by atoms with Crippen LogP contribution in [0.3, 0.4) is 0 Å². The first kappa shape index (κ1) is 27.6. The van der Waals surface area contributed by atoms with Crippen LogP contribution >= 0.6 is 11.6 Å². The molecule has 3 N–H and O–H groups in total. The molecule has 2 aromatic carbocycles. The van der Waals surface area contributed by atoms with Crippen molar-refractivity contribution in [3.63, 3.8) is 0 Å². The van der Waals surface area contributed by atoms with Gasteiger partial charge in [0.1, 0.15) is 18.2 Å². The van der Waals surface area contributed by atoms with Crippen LogP contribution in [0.25, 0.3) is 11.0 Å². The molecule has 4 heterocycles. The standard InChI is InChI=1S/C30H32ClFN6O3/c31-22-6-4-21(24(32)15-22)18-41-29-3-1-2-25(35-29)19-9-12-37(13-10-19)17-28-34-26-7-5-20(30(39)40)14-27(26)38(28)16-23-8-11-33-36-23/h1-7,14-15,19,23,33,36H,8-13,16-18H2,(H,39,40). The quantitative estimate of drug-likeness (QED) is 0.261. The maximum atomic E-state index is 14.1. The van der Waals surface area contributed by atoms with Crippen molar-refractivity contribution in [1.82, 2.24) is 30.3 Å². The monoisotopic (exact) mass is 578 g/mol. The Hall–Kier alpha value is -3.57. The van der Waals surface area contributed by atoms with Gasteiger partial charge >= 0.3 is 5.97 Å². The molecule has 1 atom stereocenters. The number of benzene rings is 2. The van der Waals surface area contributed by atoms with Crippen molar-refractivity contribution in [3.05, 3.63) is 88.1 Å². The van der Waals surface area contributed by atoms with Crippen LogP contribution in [0.5, 0.6) is 5.88 Å². The van der Waals surface area contributed by atoms with Gasteiger partial charge in [-0.05, 0) is 68.8 Å². The summed E-state index contributed by atoms with van der Waals surface area (Å²) in [4.78, 5) is 23.7. The molecule has 0 saturated carbocycles. The van der Waals surface area contributed by atoms with Crippen molar-refractivity contribution in [2.24, 2.45) is 0 Å². The van der Waals surface area contributed by atoms with Gasteiger partial charge in [0, 0.05) is 47.4 Å². The van der Waals surface area contributed by atoms with Gasteiger partial charge in [0.25, 0.3) is 0 Å². The minimum Gasteiger partial charge on any atom is -0.478 e. The van der Waals surface area contributed by atoms with E-state index in [1.807, 2.05) is 12.1 Å². The largest absolute Gasteiger partial charge is 0.478 e. The van der Waals surface area contributed by atoms with E-state index in [2.05, 4.69) is 20.3 Å². The van der Waals surface area contributed by atoms with Gasteiger partial charge in [-0.25, -0.2) is 19.2 Å². The SMILES string of the molecule is O=C(O)c1ccc2nc(CN3CCC(c4cccc(OCc5ccc(Cl)cc5F)n4)CC3)n(CC3CCNN3)c2c1. The number of hydrogen-bond acceptors (Lipinski definition) is 7. The molecule has 2 aliphatic heterocycles. The number of carboxylic acids is 1. The lowest BCUT2D eigenvalue weighted by molar-refractivity contribution is 0.0697. The number of nitrogens with one attached hydrogen (secondary N) is 2. The second-order valence-electron chi connectivity index (χ2n) is 10.7. The number of hydrazine groups is 1. The van der Waals surface area contributed by atoms with Gasteiger partial charge in [-0.2, -0.15) is 0 Å². The molecule has 4 aromatic rings. The number of nitrogens with zero attached hydrogens (tertiary/aromatic N) is 4. The topological polar surface area (TPSA) is 105 Å². The van der Waals surface area contributed by atoms with Crippen LogP contribution in [0.4, 0.5) is 4.39 Å². The number of rotatable bonds is 9. The molecule has 0 spiro atoms. The average Bonchev–Trinajstić information content (AvgIpc) is 3.61. The number of aromatic nitrogens is 3. The van der Waals surface area contributed by atoms with Crippen molar-refractivity contribution in [1.29, 1.82) is 0 Å². The number of piperidine rings is 1. The number of carboxylic acid groups (broad SMARTS) is 1. The van der Waals surface area contributed by atoms with Crippen LogP contribution in [0.1, 0.15) is 52.6 Å². The summed E-state index contributed by atoms with van der Waals surface area (Å²) in [6.07, 6.45) is 2.88. The Morgan fingerprint density at radius 2 is 1.95 bits per heavy atom. The molecule has 2 aromatic heterocycles. The molecule has 6 rings (SSSR count). The number of halogens is 2. The molecule has 2 saturated heterocycles. The van der Waals surface area contributed by atoms with E-state index >= 15 is 0 Å². The summed E-state index contributed by atoms with van der Waals surface area (Å²) in [5, 5.41) is 9.88. The number of ether oxygens (including phenoxy) is 1. The molecule has 0 amide bonds. The van der Waals surface area contributed by atoms with Crippen LogP contribution < -0.4 is 15.6 Å². The average molecular weight is 579 g/mol. The molecule has 41 heavy (non-hydrogen) atoms. The Labute approximate surface area is 242 Å². The Bertz CT molecular complexity index is 1550. The van der Waals surface area contributed by atoms with Gasteiger partial charge in [-0.15, -0.1) is 0 Å². The van der Waals surface area contributed by atoms with Crippen molar-refractivity contribution in [3.8, 4) is 5.88 Å². The fraction of sp³-hybridized carbons (Fsp3) is 0.367. The third kappa shape index (κ3) is 6.36. The highest BCUT2D eigenvalue weighted by Gasteiger charge is 2.25. The Morgan fingerprint density at radius 3 is 2.71 bits per heavy atom. The number of fused-ring (bicyclic) bond motifs is 1. The van der Waals surface area contributed by atoms with Crippen LogP contribution in [-0.2, 0) is 19.7 Å². The molecule has 2 aliphatic rings. The van der Waals surface area contributed by atoms with Gasteiger partial charge in [-0.3, -0.25) is 15.8 Å². The maximum absolute atomic E-state index is 14.1. The van der Waals surface area contributed by atoms with E-state index in [-0.39, 0.29) is 18.2 Å². The first-order valence-electron chi connectivity index (χ1n) is 13.9. The lowest BCUT2D eigenvalue weighted by atomic mass is 9.93. The highest BCUT2D eigenvalue weighted by atomic mass is 35.5. The summed E-state index contributed by atoms with van der Waals surface area (Å²) < 4.78 is 22.1. The van der Waals surface area contributed by atoms with Crippen LogP contribution in [0.2, 0.25) is 5.02 Å². The number of imidazole rings is 1. The van der Waals surface area contributed by atoms with Gasteiger partial charge in [-0.1, -0.05) is 23.7 Å². The zero-order valence-electron chi connectivity index (χ0n) is 22.5. The summed E-state index contributed by atoms with van der Waals surface area (Å²) in [7, 11) is 0. The molecule has 0 aliphatic carbocycles. The van der Waals surface area contributed by atoms with Crippen molar-refractivity contribution in [2.45, 2.75) is 50.9 Å². The van der Waals surface area contributed by atoms with Crippen LogP contribution in [-0.4, -0.2) is 56.2 Å². The molecule has 11 heteroatoms. The van der Waals surface area contributed by atoms with Crippen molar-refractivity contribution in [2.75, 3.05) is 19.6 Å². The molecular formula is C30H32ClFN6O3. The fourth-order valence-electron chi connectivity index (χ4n) is 5.64. The lowest BCUT2D eigenvalue weighted by Crippen LogP contribution is -2.36. The van der Waals surface area contributed by atoms with Crippen molar-refractivity contribution < 1.29 is 19.0 Å². The molecular weight excluding hydrogens is 547 g/mol. The molecule has 0 radical (unpaired) electrons. The Kier molecular flexibility index (Phi) is 8.16. The van der Waals surface area contributed by atoms with Gasteiger partial charge < -0.3 is 14.4 Å². The fourth-order valence-corrected chi connectivity index (χ4v) is 5.80. The smallest absolute Gasteiger partial charge is 0.335 e. The molecule has 9 nitrogen and oxygen atoms in total. The van der Waals surface area contributed by atoms with E-state index in [0.717, 1.165) is 68.0 Å². The minimum absolute atomic E-state index is 0.0826. The number of likely N-dealkylation sites (tertiary alicyclic amines) is 1. The second-order valence-corrected chi connectivity index (χ2v) is 11.1. The molecule has 2 fully saturated rings. The summed E-state index contributed by atoms with van der Waals surface area (Å²) in [5.41, 5.74) is 9.83. The summed E-state index contributed by atoms with van der Waals surface area (Å²) >= 11 is 5.85. The van der Waals surface area contributed by atoms with Gasteiger partial charge in [0.15, 0.2) is 0 Å². The summed E-state index contributed by atoms with van der Waals surface area (Å²) in [6.45, 7) is 4.17. The predicted octanol–water partition coefficient (Wildman–Crippen LogP) is 4.75. The highest BCUT2D eigenvalue weighted by molar-refractivity contribution is 6.30. The number of aromatic carboxylic acids is 1. The summed E-state index contributed by atoms with van der Waals surface area (Å²) in [6, 6.07) is 15.7. The minimum atomic E-state index is -0.941. The number of pyridine rings is 1. The Balaban J connectivity index is 1.11. The first-order chi connectivity index (χ1) is 19.9. The van der Waals surface area contributed by atoms with E-state index in [1.165, 1.54) is 6.07 Å². The van der Waals surface area contributed by atoms with E-state index in [1.54, 1.807) is 36.4 Å². The first-order valence-corrected chi connectivity index (χ1v) is 14.3.